The highest BCUT2D eigenvalue weighted by molar-refractivity contribution is 7.89. The second-order valence-corrected chi connectivity index (χ2v) is 10.7. The monoisotopic (exact) mass is 453 g/mol. The molecular formula is C23H27N5O3S. The normalized spacial score (nSPS) is 25.5. The van der Waals surface area contributed by atoms with Gasteiger partial charge in [0, 0.05) is 43.4 Å². The Morgan fingerprint density at radius 2 is 1.78 bits per heavy atom. The first kappa shape index (κ1) is 20.9. The number of carbonyl (C=O) groups is 1. The molecule has 168 valence electrons. The molecule has 8 nitrogen and oxygen atoms in total. The highest BCUT2D eigenvalue weighted by Gasteiger charge is 2.46. The van der Waals surface area contributed by atoms with Crippen LogP contribution in [0.15, 0.2) is 65.2 Å². The molecule has 1 aliphatic heterocycles. The van der Waals surface area contributed by atoms with Crippen molar-refractivity contribution in [2.75, 3.05) is 26.2 Å². The highest BCUT2D eigenvalue weighted by atomic mass is 32.2. The van der Waals surface area contributed by atoms with Crippen molar-refractivity contribution in [1.82, 2.24) is 24.0 Å². The van der Waals surface area contributed by atoms with Gasteiger partial charge in [-0.15, -0.1) is 9.19 Å². The molecule has 1 aromatic heterocycles. The molecule has 32 heavy (non-hydrogen) atoms. The first-order valence-electron chi connectivity index (χ1n) is 11.0. The van der Waals surface area contributed by atoms with Crippen molar-refractivity contribution >= 4 is 15.9 Å². The van der Waals surface area contributed by atoms with E-state index in [1.165, 1.54) is 36.2 Å². The first-order valence-corrected chi connectivity index (χ1v) is 12.4. The number of amides is 1. The molecular weight excluding hydrogens is 426 g/mol. The molecule has 2 heterocycles. The summed E-state index contributed by atoms with van der Waals surface area (Å²) < 4.78 is 25.8. The molecule has 0 N–H and O–H groups in total. The van der Waals surface area contributed by atoms with Crippen molar-refractivity contribution in [3.05, 3.63) is 65.9 Å². The summed E-state index contributed by atoms with van der Waals surface area (Å²) in [6.45, 7) is 7.50. The van der Waals surface area contributed by atoms with E-state index in [9.17, 15) is 13.2 Å². The molecule has 0 bridgehead atoms. The van der Waals surface area contributed by atoms with Crippen LogP contribution in [-0.4, -0.2) is 64.5 Å². The number of aromatic nitrogens is 3. The molecule has 0 radical (unpaired) electrons. The minimum atomic E-state index is -3.79. The van der Waals surface area contributed by atoms with Gasteiger partial charge in [-0.2, -0.15) is 8.42 Å². The van der Waals surface area contributed by atoms with Crippen molar-refractivity contribution in [2.24, 2.45) is 17.8 Å². The quantitative estimate of drug-likeness (QED) is 0.706. The Kier molecular flexibility index (Phi) is 5.16. The molecule has 1 amide bonds. The second-order valence-electron chi connectivity index (χ2n) is 8.87. The van der Waals surface area contributed by atoms with E-state index in [4.69, 9.17) is 0 Å². The lowest BCUT2D eigenvalue weighted by Crippen LogP contribution is -2.48. The summed E-state index contributed by atoms with van der Waals surface area (Å²) in [5.41, 5.74) is 3.36. The van der Waals surface area contributed by atoms with Gasteiger partial charge >= 0.3 is 0 Å². The summed E-state index contributed by atoms with van der Waals surface area (Å²) in [5.74, 6) is 1.98. The molecule has 3 unspecified atom stereocenters. The van der Waals surface area contributed by atoms with Crippen LogP contribution < -0.4 is 0 Å². The minimum absolute atomic E-state index is 0.0706. The third kappa shape index (κ3) is 3.64. The first-order chi connectivity index (χ1) is 15.4. The van der Waals surface area contributed by atoms with E-state index in [-0.39, 0.29) is 10.8 Å². The predicted octanol–water partition coefficient (Wildman–Crippen LogP) is 2.39. The predicted molar refractivity (Wildman–Crippen MR) is 119 cm³/mol. The Morgan fingerprint density at radius 3 is 2.44 bits per heavy atom. The van der Waals surface area contributed by atoms with Gasteiger partial charge in [-0.05, 0) is 55.5 Å². The van der Waals surface area contributed by atoms with Crippen molar-refractivity contribution in [3.63, 3.8) is 0 Å². The van der Waals surface area contributed by atoms with Gasteiger partial charge in [-0.1, -0.05) is 18.6 Å². The van der Waals surface area contributed by atoms with Gasteiger partial charge in [0.05, 0.1) is 4.90 Å². The van der Waals surface area contributed by atoms with E-state index in [0.29, 0.717) is 30.5 Å². The molecule has 3 atom stereocenters. The molecule has 5 rings (SSSR count). The van der Waals surface area contributed by atoms with Crippen LogP contribution in [0.2, 0.25) is 0 Å². The van der Waals surface area contributed by atoms with Gasteiger partial charge < -0.3 is 9.80 Å². The van der Waals surface area contributed by atoms with Crippen LogP contribution in [-0.2, 0) is 10.0 Å². The molecule has 1 saturated carbocycles. The molecule has 3 aliphatic rings. The van der Waals surface area contributed by atoms with Gasteiger partial charge in [0.15, 0.2) is 0 Å². The Labute approximate surface area is 188 Å². The summed E-state index contributed by atoms with van der Waals surface area (Å²) in [5, 5.41) is 3.69. The second kappa shape index (κ2) is 7.88. The highest BCUT2D eigenvalue weighted by Crippen LogP contribution is 2.53. The average Bonchev–Trinajstić information content (AvgIpc) is 3.41. The number of allylic oxidation sites excluding steroid dienone is 4. The summed E-state index contributed by atoms with van der Waals surface area (Å²) >= 11 is 0. The number of piperazine rings is 1. The summed E-state index contributed by atoms with van der Waals surface area (Å²) in [7, 11) is -3.79. The topological polar surface area (TPSA) is 88.4 Å². The molecule has 2 aromatic rings. The number of fused-ring (bicyclic) bond motifs is 1. The minimum Gasteiger partial charge on any atom is -0.371 e. The van der Waals surface area contributed by atoms with Gasteiger partial charge in [0.2, 0.25) is 0 Å². The van der Waals surface area contributed by atoms with E-state index in [1.54, 1.807) is 12.1 Å². The lowest BCUT2D eigenvalue weighted by atomic mass is 9.97. The van der Waals surface area contributed by atoms with E-state index >= 15 is 0 Å². The maximum Gasteiger partial charge on any atom is 0.284 e. The third-order valence-corrected chi connectivity index (χ3v) is 8.62. The summed E-state index contributed by atoms with van der Waals surface area (Å²) in [6, 6.07) is 6.02. The summed E-state index contributed by atoms with van der Waals surface area (Å²) in [6.07, 6.45) is 8.12. The number of benzene rings is 1. The summed E-state index contributed by atoms with van der Waals surface area (Å²) in [4.78, 5) is 21.0. The third-order valence-electron chi connectivity index (χ3n) is 7.07. The Balaban J connectivity index is 1.23. The lowest BCUT2D eigenvalue weighted by molar-refractivity contribution is 0.0664. The van der Waals surface area contributed by atoms with E-state index in [1.807, 2.05) is 4.90 Å². The maximum atomic E-state index is 13.0. The number of hydrogen-bond donors (Lipinski definition) is 0. The number of rotatable bonds is 4. The van der Waals surface area contributed by atoms with Gasteiger partial charge in [0.1, 0.15) is 12.7 Å². The average molecular weight is 454 g/mol. The number of hydrogen-bond acceptors (Lipinski definition) is 6. The maximum absolute atomic E-state index is 13.0. The fraction of sp³-hybridized carbons (Fsp3) is 0.435. The molecule has 2 fully saturated rings. The molecule has 2 aliphatic carbocycles. The van der Waals surface area contributed by atoms with Crippen LogP contribution in [0.1, 0.15) is 30.6 Å². The van der Waals surface area contributed by atoms with Gasteiger partial charge in [-0.25, -0.2) is 4.98 Å². The number of nitrogens with zero attached hydrogens (tertiary/aromatic N) is 5. The van der Waals surface area contributed by atoms with Crippen molar-refractivity contribution in [1.29, 1.82) is 0 Å². The zero-order valence-corrected chi connectivity index (χ0v) is 19.1. The zero-order valence-electron chi connectivity index (χ0n) is 18.3. The SMILES string of the molecule is CC1=CC=C(N2CCN(C(=O)c3ccc(S(=O)(=O)n4cncn4)cc3)CC2)C2CC2C1C. The van der Waals surface area contributed by atoms with Crippen LogP contribution in [0.25, 0.3) is 0 Å². The Bertz CT molecular complexity index is 1180. The lowest BCUT2D eigenvalue weighted by Gasteiger charge is -2.37. The van der Waals surface area contributed by atoms with Crippen molar-refractivity contribution in [2.45, 2.75) is 25.2 Å². The van der Waals surface area contributed by atoms with Crippen LogP contribution in [0.3, 0.4) is 0 Å². The molecule has 1 saturated heterocycles. The van der Waals surface area contributed by atoms with Gasteiger partial charge in [0.25, 0.3) is 15.9 Å². The standard InChI is InChI=1S/C23H27N5O3S/c1-16-3-8-22(21-13-20(21)17(16)2)26-9-11-27(12-10-26)23(29)18-4-6-19(7-5-18)32(30,31)28-15-24-14-25-28/h3-8,14-15,17,20-21H,9-13H2,1-2H3. The largest absolute Gasteiger partial charge is 0.371 e. The van der Waals surface area contributed by atoms with Crippen LogP contribution >= 0.6 is 0 Å². The fourth-order valence-electron chi connectivity index (χ4n) is 4.83. The van der Waals surface area contributed by atoms with Crippen LogP contribution in [0, 0.1) is 17.8 Å². The van der Waals surface area contributed by atoms with Crippen molar-refractivity contribution < 1.29 is 13.2 Å². The smallest absolute Gasteiger partial charge is 0.284 e. The zero-order chi connectivity index (χ0) is 22.5. The van der Waals surface area contributed by atoms with E-state index in [2.05, 4.69) is 41.0 Å². The van der Waals surface area contributed by atoms with Crippen LogP contribution in [0.5, 0.6) is 0 Å². The number of carbonyl (C=O) groups excluding carboxylic acids is 1. The Hall–Kier alpha value is -2.94. The van der Waals surface area contributed by atoms with Gasteiger partial charge in [-0.3, -0.25) is 4.79 Å². The Morgan fingerprint density at radius 1 is 1.06 bits per heavy atom. The van der Waals surface area contributed by atoms with E-state index in [0.717, 1.165) is 29.4 Å². The van der Waals surface area contributed by atoms with Crippen molar-refractivity contribution in [3.8, 4) is 0 Å². The fourth-order valence-corrected chi connectivity index (χ4v) is 5.87. The van der Waals surface area contributed by atoms with Crippen LogP contribution in [0.4, 0.5) is 0 Å². The molecule has 0 spiro atoms. The van der Waals surface area contributed by atoms with E-state index < -0.39 is 10.0 Å². The molecule has 9 heteroatoms. The molecule has 1 aromatic carbocycles.